The smallest absolute Gasteiger partial charge is 0.281 e. The van der Waals surface area contributed by atoms with E-state index in [0.29, 0.717) is 15.9 Å². The summed E-state index contributed by atoms with van der Waals surface area (Å²) < 4.78 is 6.92. The second-order valence-electron chi connectivity index (χ2n) is 5.83. The molecule has 6 nitrogen and oxygen atoms in total. The molecule has 2 aromatic carbocycles. The van der Waals surface area contributed by atoms with Crippen molar-refractivity contribution in [1.82, 2.24) is 14.8 Å². The maximum absolute atomic E-state index is 12.7. The SMILES string of the molecule is COc1cn(-c2ccccc2)nc1C(=O)Nc1nc(-c2ccc(Cl)cc2)cs1. The van der Waals surface area contributed by atoms with E-state index in [0.717, 1.165) is 16.9 Å². The van der Waals surface area contributed by atoms with Crippen LogP contribution in [0.3, 0.4) is 0 Å². The number of carbonyl (C=O) groups is 1. The molecule has 140 valence electrons. The zero-order chi connectivity index (χ0) is 19.5. The van der Waals surface area contributed by atoms with Crippen LogP contribution in [0, 0.1) is 0 Å². The van der Waals surface area contributed by atoms with Crippen molar-refractivity contribution in [2.75, 3.05) is 12.4 Å². The molecule has 8 heteroatoms. The highest BCUT2D eigenvalue weighted by Crippen LogP contribution is 2.27. The Bertz CT molecular complexity index is 1110. The molecule has 0 atom stereocenters. The van der Waals surface area contributed by atoms with Crippen molar-refractivity contribution in [2.45, 2.75) is 0 Å². The number of aromatic nitrogens is 3. The molecule has 2 heterocycles. The van der Waals surface area contributed by atoms with Crippen LogP contribution in [-0.4, -0.2) is 27.8 Å². The van der Waals surface area contributed by atoms with E-state index < -0.39 is 0 Å². The first-order valence-corrected chi connectivity index (χ1v) is 9.61. The maximum Gasteiger partial charge on any atom is 0.281 e. The van der Waals surface area contributed by atoms with Crippen LogP contribution < -0.4 is 10.1 Å². The molecule has 28 heavy (non-hydrogen) atoms. The number of rotatable bonds is 5. The second-order valence-corrected chi connectivity index (χ2v) is 7.12. The Kier molecular flexibility index (Phi) is 5.10. The fraction of sp³-hybridized carbons (Fsp3) is 0.0500. The summed E-state index contributed by atoms with van der Waals surface area (Å²) in [6.45, 7) is 0. The quantitative estimate of drug-likeness (QED) is 0.507. The molecule has 0 aliphatic carbocycles. The summed E-state index contributed by atoms with van der Waals surface area (Å²) in [6, 6.07) is 16.9. The first-order chi connectivity index (χ1) is 13.6. The van der Waals surface area contributed by atoms with E-state index in [2.05, 4.69) is 15.4 Å². The number of ether oxygens (including phenoxy) is 1. The van der Waals surface area contributed by atoms with Crippen LogP contribution in [-0.2, 0) is 0 Å². The fourth-order valence-corrected chi connectivity index (χ4v) is 3.46. The molecule has 0 aliphatic rings. The van der Waals surface area contributed by atoms with Crippen molar-refractivity contribution in [3.63, 3.8) is 0 Å². The number of hydrogen-bond acceptors (Lipinski definition) is 5. The second kappa shape index (κ2) is 7.84. The molecule has 4 aromatic rings. The van der Waals surface area contributed by atoms with Crippen molar-refractivity contribution < 1.29 is 9.53 Å². The molecule has 0 bridgehead atoms. The van der Waals surface area contributed by atoms with Crippen molar-refractivity contribution in [3.8, 4) is 22.7 Å². The van der Waals surface area contributed by atoms with Gasteiger partial charge in [-0.15, -0.1) is 11.3 Å². The third-order valence-corrected chi connectivity index (χ3v) is 5.01. The van der Waals surface area contributed by atoms with Crippen molar-refractivity contribution in [2.24, 2.45) is 0 Å². The minimum absolute atomic E-state index is 0.189. The molecule has 0 saturated heterocycles. The van der Waals surface area contributed by atoms with E-state index in [1.165, 1.54) is 18.4 Å². The Hall–Kier alpha value is -3.16. The van der Waals surface area contributed by atoms with Gasteiger partial charge in [-0.3, -0.25) is 10.1 Å². The van der Waals surface area contributed by atoms with Gasteiger partial charge in [0.05, 0.1) is 24.7 Å². The third-order valence-electron chi connectivity index (χ3n) is 4.00. The van der Waals surface area contributed by atoms with Crippen molar-refractivity contribution in [1.29, 1.82) is 0 Å². The average molecular weight is 411 g/mol. The Labute approximate surface area is 170 Å². The summed E-state index contributed by atoms with van der Waals surface area (Å²) >= 11 is 7.26. The number of carbonyl (C=O) groups excluding carboxylic acids is 1. The van der Waals surface area contributed by atoms with Crippen LogP contribution >= 0.6 is 22.9 Å². The lowest BCUT2D eigenvalue weighted by atomic mass is 10.2. The summed E-state index contributed by atoms with van der Waals surface area (Å²) in [5, 5.41) is 10.2. The standard InChI is InChI=1S/C20H15ClN4O2S/c1-27-17-11-25(15-5-3-2-4-6-15)24-18(17)19(26)23-20-22-16(12-28-20)13-7-9-14(21)10-8-13/h2-12H,1H3,(H,22,23,26). The minimum atomic E-state index is -0.386. The topological polar surface area (TPSA) is 69.0 Å². The van der Waals surface area contributed by atoms with Crippen LogP contribution in [0.1, 0.15) is 10.5 Å². The summed E-state index contributed by atoms with van der Waals surface area (Å²) in [6.07, 6.45) is 1.67. The fourth-order valence-electron chi connectivity index (χ4n) is 2.62. The van der Waals surface area contributed by atoms with Gasteiger partial charge in [-0.2, -0.15) is 5.10 Å². The Balaban J connectivity index is 1.56. The lowest BCUT2D eigenvalue weighted by Crippen LogP contribution is -2.14. The minimum Gasteiger partial charge on any atom is -0.493 e. The van der Waals surface area contributed by atoms with Gasteiger partial charge < -0.3 is 4.74 Å². The molecule has 0 spiro atoms. The number of benzene rings is 2. The highest BCUT2D eigenvalue weighted by atomic mass is 35.5. The molecule has 0 saturated carbocycles. The number of methoxy groups -OCH3 is 1. The average Bonchev–Trinajstić information content (AvgIpc) is 3.36. The molecular formula is C20H15ClN4O2S. The number of halogens is 1. The summed E-state index contributed by atoms with van der Waals surface area (Å²) in [7, 11) is 1.51. The molecule has 2 aromatic heterocycles. The van der Waals surface area contributed by atoms with E-state index in [1.54, 1.807) is 23.0 Å². The summed E-state index contributed by atoms with van der Waals surface area (Å²) in [5.74, 6) is -0.000582. The monoisotopic (exact) mass is 410 g/mol. The molecule has 1 amide bonds. The normalized spacial score (nSPS) is 10.6. The lowest BCUT2D eigenvalue weighted by Gasteiger charge is -2.01. The number of para-hydroxylation sites is 1. The van der Waals surface area contributed by atoms with Gasteiger partial charge in [0.2, 0.25) is 0 Å². The van der Waals surface area contributed by atoms with Crippen molar-refractivity contribution in [3.05, 3.63) is 76.9 Å². The molecule has 0 unspecified atom stereocenters. The van der Waals surface area contributed by atoms with E-state index in [-0.39, 0.29) is 11.6 Å². The van der Waals surface area contributed by atoms with Gasteiger partial charge in [-0.05, 0) is 24.3 Å². The molecule has 0 aliphatic heterocycles. The zero-order valence-corrected chi connectivity index (χ0v) is 16.4. The van der Waals surface area contributed by atoms with E-state index in [4.69, 9.17) is 16.3 Å². The summed E-state index contributed by atoms with van der Waals surface area (Å²) in [5.41, 5.74) is 2.71. The Morgan fingerprint density at radius 3 is 2.61 bits per heavy atom. The highest BCUT2D eigenvalue weighted by molar-refractivity contribution is 7.14. The largest absolute Gasteiger partial charge is 0.493 e. The molecule has 4 rings (SSSR count). The van der Waals surface area contributed by atoms with Crippen LogP contribution in [0.4, 0.5) is 5.13 Å². The molecule has 0 fully saturated rings. The van der Waals surface area contributed by atoms with Gasteiger partial charge in [-0.25, -0.2) is 9.67 Å². The van der Waals surface area contributed by atoms with Gasteiger partial charge in [-0.1, -0.05) is 41.9 Å². The van der Waals surface area contributed by atoms with Crippen LogP contribution in [0.2, 0.25) is 5.02 Å². The Morgan fingerprint density at radius 2 is 1.89 bits per heavy atom. The van der Waals surface area contributed by atoms with Gasteiger partial charge in [0.1, 0.15) is 0 Å². The third kappa shape index (κ3) is 3.76. The van der Waals surface area contributed by atoms with Crippen molar-refractivity contribution >= 4 is 34.0 Å². The first kappa shape index (κ1) is 18.2. The van der Waals surface area contributed by atoms with E-state index in [9.17, 15) is 4.79 Å². The lowest BCUT2D eigenvalue weighted by molar-refractivity contribution is 0.101. The first-order valence-electron chi connectivity index (χ1n) is 8.36. The predicted molar refractivity (Wildman–Crippen MR) is 111 cm³/mol. The zero-order valence-electron chi connectivity index (χ0n) is 14.8. The molecular weight excluding hydrogens is 396 g/mol. The van der Waals surface area contributed by atoms with Gasteiger partial charge in [0.15, 0.2) is 16.6 Å². The van der Waals surface area contributed by atoms with Crippen LogP contribution in [0.5, 0.6) is 5.75 Å². The summed E-state index contributed by atoms with van der Waals surface area (Å²) in [4.78, 5) is 17.2. The van der Waals surface area contributed by atoms with Gasteiger partial charge >= 0.3 is 0 Å². The van der Waals surface area contributed by atoms with E-state index >= 15 is 0 Å². The number of amides is 1. The molecule has 0 radical (unpaired) electrons. The number of anilines is 1. The number of thiazole rings is 1. The van der Waals surface area contributed by atoms with Crippen LogP contribution in [0.15, 0.2) is 66.2 Å². The highest BCUT2D eigenvalue weighted by Gasteiger charge is 2.19. The number of hydrogen-bond donors (Lipinski definition) is 1. The van der Waals surface area contributed by atoms with E-state index in [1.807, 2.05) is 47.8 Å². The Morgan fingerprint density at radius 1 is 1.14 bits per heavy atom. The number of nitrogens with zero attached hydrogens (tertiary/aromatic N) is 3. The van der Waals surface area contributed by atoms with Crippen LogP contribution in [0.25, 0.3) is 16.9 Å². The van der Waals surface area contributed by atoms with Gasteiger partial charge in [0.25, 0.3) is 5.91 Å². The predicted octanol–water partition coefficient (Wildman–Crippen LogP) is 4.91. The molecule has 1 N–H and O–H groups in total. The maximum atomic E-state index is 12.7. The van der Waals surface area contributed by atoms with Gasteiger partial charge in [0, 0.05) is 16.0 Å². The number of nitrogens with one attached hydrogen (secondary N) is 1.